The molecule has 23 heavy (non-hydrogen) atoms. The molecule has 1 aliphatic heterocycles. The molecule has 0 bridgehead atoms. The molecule has 0 radical (unpaired) electrons. The summed E-state index contributed by atoms with van der Waals surface area (Å²) in [4.78, 5) is 28.9. The van der Waals surface area contributed by atoms with Gasteiger partial charge in [-0.3, -0.25) is 14.6 Å². The second-order valence-electron chi connectivity index (χ2n) is 5.45. The number of amides is 2. The number of nitrogens with zero attached hydrogens (tertiary/aromatic N) is 1. The van der Waals surface area contributed by atoms with Crippen LogP contribution in [0.3, 0.4) is 0 Å². The quantitative estimate of drug-likeness (QED) is 0.858. The normalized spacial score (nSPS) is 15.0. The highest BCUT2D eigenvalue weighted by atomic mass is 32.2. The van der Waals surface area contributed by atoms with Crippen molar-refractivity contribution in [1.82, 2.24) is 10.6 Å². The first-order valence-electron chi connectivity index (χ1n) is 7.44. The third kappa shape index (κ3) is 4.72. The maximum atomic E-state index is 12.4. The standard InChI is InChI=1S/C16H21N3O3S/c1-10(2)13(15(21)19-16-17-8-9-23-16)18-14(20)11-4-6-12(22-3)7-5-11/h4-7,10,13H,8-9H2,1-3H3,(H,18,20)(H,17,19,21)/t13-/m1/s1. The van der Waals surface area contributed by atoms with Crippen molar-refractivity contribution >= 4 is 28.7 Å². The van der Waals surface area contributed by atoms with Gasteiger partial charge in [-0.05, 0) is 30.2 Å². The van der Waals surface area contributed by atoms with E-state index >= 15 is 0 Å². The van der Waals surface area contributed by atoms with Gasteiger partial charge in [0.2, 0.25) is 5.91 Å². The molecule has 0 saturated heterocycles. The second-order valence-corrected chi connectivity index (χ2v) is 6.53. The van der Waals surface area contributed by atoms with Crippen LogP contribution in [0, 0.1) is 5.92 Å². The monoisotopic (exact) mass is 335 g/mol. The number of methoxy groups -OCH3 is 1. The van der Waals surface area contributed by atoms with Crippen molar-refractivity contribution in [3.05, 3.63) is 29.8 Å². The van der Waals surface area contributed by atoms with Gasteiger partial charge >= 0.3 is 0 Å². The van der Waals surface area contributed by atoms with Crippen LogP contribution in [0.25, 0.3) is 0 Å². The third-order valence-electron chi connectivity index (χ3n) is 3.40. The van der Waals surface area contributed by atoms with E-state index in [2.05, 4.69) is 15.6 Å². The summed E-state index contributed by atoms with van der Waals surface area (Å²) >= 11 is 1.51. The van der Waals surface area contributed by atoms with Crippen molar-refractivity contribution in [3.63, 3.8) is 0 Å². The van der Waals surface area contributed by atoms with Gasteiger partial charge < -0.3 is 15.4 Å². The van der Waals surface area contributed by atoms with Crippen LogP contribution < -0.4 is 15.4 Å². The zero-order chi connectivity index (χ0) is 16.8. The van der Waals surface area contributed by atoms with Crippen molar-refractivity contribution < 1.29 is 14.3 Å². The number of carbonyl (C=O) groups excluding carboxylic acids is 2. The van der Waals surface area contributed by atoms with Crippen LogP contribution in [-0.2, 0) is 4.79 Å². The van der Waals surface area contributed by atoms with Gasteiger partial charge in [-0.25, -0.2) is 0 Å². The smallest absolute Gasteiger partial charge is 0.251 e. The molecule has 1 atom stereocenters. The predicted molar refractivity (Wildman–Crippen MR) is 92.0 cm³/mol. The van der Waals surface area contributed by atoms with Crippen LogP contribution in [0.4, 0.5) is 0 Å². The highest BCUT2D eigenvalue weighted by Gasteiger charge is 2.26. The van der Waals surface area contributed by atoms with Crippen LogP contribution >= 0.6 is 11.8 Å². The molecular weight excluding hydrogens is 314 g/mol. The van der Waals surface area contributed by atoms with E-state index in [1.165, 1.54) is 11.8 Å². The van der Waals surface area contributed by atoms with Crippen molar-refractivity contribution in [1.29, 1.82) is 0 Å². The minimum atomic E-state index is -0.617. The number of rotatable bonds is 5. The van der Waals surface area contributed by atoms with Crippen molar-refractivity contribution in [2.75, 3.05) is 19.4 Å². The molecule has 0 aliphatic carbocycles. The molecule has 0 saturated carbocycles. The van der Waals surface area contributed by atoms with Crippen LogP contribution in [0.15, 0.2) is 29.3 Å². The fourth-order valence-electron chi connectivity index (χ4n) is 2.10. The minimum Gasteiger partial charge on any atom is -0.497 e. The van der Waals surface area contributed by atoms with Crippen LogP contribution in [0.5, 0.6) is 5.75 Å². The summed E-state index contributed by atoms with van der Waals surface area (Å²) < 4.78 is 5.07. The first-order valence-corrected chi connectivity index (χ1v) is 8.43. The summed E-state index contributed by atoms with van der Waals surface area (Å²) in [6.07, 6.45) is 0. The fourth-order valence-corrected chi connectivity index (χ4v) is 2.83. The SMILES string of the molecule is COc1ccc(C(=O)N[C@@H](C(=O)NC2=NCCS2)C(C)C)cc1. The molecular formula is C16H21N3O3S. The molecule has 0 aromatic heterocycles. The Labute approximate surface area is 140 Å². The van der Waals surface area contributed by atoms with Crippen molar-refractivity contribution in [3.8, 4) is 5.75 Å². The Morgan fingerprint density at radius 3 is 2.48 bits per heavy atom. The highest BCUT2D eigenvalue weighted by Crippen LogP contribution is 2.13. The number of ether oxygens (including phenoxy) is 1. The largest absolute Gasteiger partial charge is 0.497 e. The summed E-state index contributed by atoms with van der Waals surface area (Å²) in [7, 11) is 1.57. The molecule has 1 aromatic carbocycles. The Kier molecular flexibility index (Phi) is 6.04. The molecule has 1 heterocycles. The van der Waals surface area contributed by atoms with Gasteiger partial charge in [-0.1, -0.05) is 25.6 Å². The van der Waals surface area contributed by atoms with Gasteiger partial charge in [0.05, 0.1) is 13.7 Å². The van der Waals surface area contributed by atoms with Crippen LogP contribution in [0.1, 0.15) is 24.2 Å². The number of benzene rings is 1. The summed E-state index contributed by atoms with van der Waals surface area (Å²) in [5.74, 6) is 0.984. The van der Waals surface area contributed by atoms with E-state index in [9.17, 15) is 9.59 Å². The van der Waals surface area contributed by atoms with Gasteiger partial charge in [-0.15, -0.1) is 0 Å². The Bertz CT molecular complexity index is 599. The molecule has 7 heteroatoms. The Balaban J connectivity index is 2.02. The average Bonchev–Trinajstić information content (AvgIpc) is 3.04. The number of aliphatic imine (C=N–C) groups is 1. The molecule has 0 unspecified atom stereocenters. The van der Waals surface area contributed by atoms with Crippen molar-refractivity contribution in [2.24, 2.45) is 10.9 Å². The van der Waals surface area contributed by atoms with Crippen molar-refractivity contribution in [2.45, 2.75) is 19.9 Å². The maximum Gasteiger partial charge on any atom is 0.251 e. The van der Waals surface area contributed by atoms with E-state index in [4.69, 9.17) is 4.74 Å². The predicted octanol–water partition coefficient (Wildman–Crippen LogP) is 1.67. The molecule has 124 valence electrons. The number of thioether (sulfide) groups is 1. The van der Waals surface area contributed by atoms with E-state index in [-0.39, 0.29) is 17.7 Å². The third-order valence-corrected chi connectivity index (χ3v) is 4.29. The van der Waals surface area contributed by atoms with Crippen LogP contribution in [-0.4, -0.2) is 42.4 Å². The van der Waals surface area contributed by atoms with E-state index in [1.807, 2.05) is 13.8 Å². The maximum absolute atomic E-state index is 12.4. The van der Waals surface area contributed by atoms with Crippen LogP contribution in [0.2, 0.25) is 0 Å². The Morgan fingerprint density at radius 1 is 1.26 bits per heavy atom. The zero-order valence-electron chi connectivity index (χ0n) is 13.5. The average molecular weight is 335 g/mol. The molecule has 2 rings (SSSR count). The van der Waals surface area contributed by atoms with Gasteiger partial charge in [0, 0.05) is 11.3 Å². The number of amidine groups is 1. The van der Waals surface area contributed by atoms with E-state index in [0.29, 0.717) is 23.0 Å². The number of carbonyl (C=O) groups is 2. The molecule has 1 aliphatic rings. The number of hydrogen-bond acceptors (Lipinski definition) is 5. The molecule has 1 aromatic rings. The minimum absolute atomic E-state index is 0.0378. The second kappa shape index (κ2) is 8.01. The van der Waals surface area contributed by atoms with E-state index in [0.717, 1.165) is 5.75 Å². The van der Waals surface area contributed by atoms with Gasteiger partial charge in [-0.2, -0.15) is 0 Å². The van der Waals surface area contributed by atoms with Gasteiger partial charge in [0.1, 0.15) is 11.8 Å². The first kappa shape index (κ1) is 17.3. The molecule has 6 nitrogen and oxygen atoms in total. The number of hydrogen-bond donors (Lipinski definition) is 2. The van der Waals surface area contributed by atoms with E-state index in [1.54, 1.807) is 31.4 Å². The summed E-state index contributed by atoms with van der Waals surface area (Å²) in [6.45, 7) is 4.50. The van der Waals surface area contributed by atoms with E-state index < -0.39 is 6.04 Å². The summed E-state index contributed by atoms with van der Waals surface area (Å²) in [6, 6.07) is 6.14. The lowest BCUT2D eigenvalue weighted by Crippen LogP contribution is -2.50. The lowest BCUT2D eigenvalue weighted by molar-refractivity contribution is -0.122. The molecule has 0 spiro atoms. The summed E-state index contributed by atoms with van der Waals surface area (Å²) in [5.41, 5.74) is 0.483. The first-order chi connectivity index (χ1) is 11.0. The van der Waals surface area contributed by atoms with Gasteiger partial charge in [0.25, 0.3) is 5.91 Å². The van der Waals surface area contributed by atoms with Gasteiger partial charge in [0.15, 0.2) is 5.17 Å². The fraction of sp³-hybridized carbons (Fsp3) is 0.438. The lowest BCUT2D eigenvalue weighted by Gasteiger charge is -2.21. The topological polar surface area (TPSA) is 79.8 Å². The summed E-state index contributed by atoms with van der Waals surface area (Å²) in [5, 5.41) is 6.19. The lowest BCUT2D eigenvalue weighted by atomic mass is 10.0. The Hall–Kier alpha value is -2.02. The molecule has 2 N–H and O–H groups in total. The zero-order valence-corrected chi connectivity index (χ0v) is 14.3. The molecule has 2 amide bonds. The number of nitrogens with one attached hydrogen (secondary N) is 2. The highest BCUT2D eigenvalue weighted by molar-refractivity contribution is 8.14. The Morgan fingerprint density at radius 2 is 1.96 bits per heavy atom. The molecule has 0 fully saturated rings.